The molecule has 106 valence electrons. The molecule has 0 aromatic heterocycles. The van der Waals surface area contributed by atoms with Crippen LogP contribution in [0, 0.1) is 24.7 Å². The van der Waals surface area contributed by atoms with Crippen LogP contribution in [0.2, 0.25) is 6.55 Å². The monoisotopic (exact) mass is 286 g/mol. The van der Waals surface area contributed by atoms with E-state index >= 15 is 0 Å². The fourth-order valence-corrected chi connectivity index (χ4v) is 5.05. The Balaban J connectivity index is 3.22. The van der Waals surface area contributed by atoms with E-state index in [1.54, 1.807) is 0 Å². The fraction of sp³-hybridized carbons (Fsp3) is 0.412. The van der Waals surface area contributed by atoms with Crippen LogP contribution in [0.15, 0.2) is 30.3 Å². The first-order valence-electron chi connectivity index (χ1n) is 6.55. The SMILES string of the molecule is C#CC(C)(C)O[Si](C)(OC(C)(C)C#C)c1ccccc1. The van der Waals surface area contributed by atoms with Crippen molar-refractivity contribution in [2.75, 3.05) is 0 Å². The molecule has 1 aromatic carbocycles. The molecule has 1 rings (SSSR count). The van der Waals surface area contributed by atoms with Gasteiger partial charge in [0.05, 0.1) is 0 Å². The van der Waals surface area contributed by atoms with Crippen molar-refractivity contribution < 1.29 is 8.85 Å². The Morgan fingerprint density at radius 2 is 1.30 bits per heavy atom. The van der Waals surface area contributed by atoms with Crippen LogP contribution in [0.4, 0.5) is 0 Å². The first-order valence-corrected chi connectivity index (χ1v) is 8.87. The lowest BCUT2D eigenvalue weighted by Gasteiger charge is -2.38. The predicted molar refractivity (Wildman–Crippen MR) is 85.7 cm³/mol. The van der Waals surface area contributed by atoms with Crippen LogP contribution >= 0.6 is 0 Å². The second-order valence-corrected chi connectivity index (χ2v) is 8.70. The zero-order valence-electron chi connectivity index (χ0n) is 12.9. The molecule has 0 aliphatic carbocycles. The summed E-state index contributed by atoms with van der Waals surface area (Å²) in [6.07, 6.45) is 11.1. The van der Waals surface area contributed by atoms with Gasteiger partial charge in [-0.25, -0.2) is 0 Å². The zero-order chi connectivity index (χ0) is 15.4. The van der Waals surface area contributed by atoms with Gasteiger partial charge in [-0.2, -0.15) is 0 Å². The summed E-state index contributed by atoms with van der Waals surface area (Å²) in [6.45, 7) is 9.39. The minimum Gasteiger partial charge on any atom is -0.375 e. The molecule has 0 aliphatic rings. The summed E-state index contributed by atoms with van der Waals surface area (Å²) in [5.41, 5.74) is -1.41. The predicted octanol–water partition coefficient (Wildman–Crippen LogP) is 2.82. The Kier molecular flexibility index (Phi) is 4.84. The quantitative estimate of drug-likeness (QED) is 0.612. The normalized spacial score (nSPS) is 12.6. The summed E-state index contributed by atoms with van der Waals surface area (Å²) in [6, 6.07) is 9.85. The number of hydrogen-bond acceptors (Lipinski definition) is 2. The summed E-state index contributed by atoms with van der Waals surface area (Å²) in [5, 5.41) is 1.01. The van der Waals surface area contributed by atoms with Crippen molar-refractivity contribution in [3.63, 3.8) is 0 Å². The van der Waals surface area contributed by atoms with Gasteiger partial charge in [0.15, 0.2) is 0 Å². The molecule has 0 aliphatic heterocycles. The third-order valence-corrected chi connectivity index (χ3v) is 6.07. The second-order valence-electron chi connectivity index (χ2n) is 5.83. The van der Waals surface area contributed by atoms with E-state index in [1.165, 1.54) is 0 Å². The lowest BCUT2D eigenvalue weighted by atomic mass is 10.2. The molecule has 2 nitrogen and oxygen atoms in total. The van der Waals surface area contributed by atoms with E-state index in [9.17, 15) is 0 Å². The fourth-order valence-electron chi connectivity index (χ4n) is 1.91. The van der Waals surface area contributed by atoms with Crippen LogP contribution in [0.3, 0.4) is 0 Å². The number of terminal acetylenes is 2. The van der Waals surface area contributed by atoms with E-state index in [0.29, 0.717) is 0 Å². The van der Waals surface area contributed by atoms with Crippen molar-refractivity contribution >= 4 is 13.7 Å². The van der Waals surface area contributed by atoms with Crippen molar-refractivity contribution in [3.05, 3.63) is 30.3 Å². The molecule has 3 heteroatoms. The third-order valence-electron chi connectivity index (χ3n) is 2.89. The van der Waals surface area contributed by atoms with Gasteiger partial charge in [0.1, 0.15) is 11.2 Å². The lowest BCUT2D eigenvalue weighted by Crippen LogP contribution is -2.58. The molecular weight excluding hydrogens is 264 g/mol. The van der Waals surface area contributed by atoms with Crippen LogP contribution < -0.4 is 5.19 Å². The molecule has 0 saturated heterocycles. The van der Waals surface area contributed by atoms with Crippen LogP contribution in [0.5, 0.6) is 0 Å². The maximum atomic E-state index is 6.18. The molecule has 0 saturated carbocycles. The van der Waals surface area contributed by atoms with Crippen LogP contribution in [-0.2, 0) is 8.85 Å². The Morgan fingerprint density at radius 3 is 1.65 bits per heavy atom. The lowest BCUT2D eigenvalue weighted by molar-refractivity contribution is 0.0599. The van der Waals surface area contributed by atoms with Crippen molar-refractivity contribution in [3.8, 4) is 24.7 Å². The second kappa shape index (κ2) is 5.85. The first-order chi connectivity index (χ1) is 9.14. The van der Waals surface area contributed by atoms with Gasteiger partial charge in [0, 0.05) is 0 Å². The van der Waals surface area contributed by atoms with Gasteiger partial charge >= 0.3 is 8.56 Å². The van der Waals surface area contributed by atoms with Gasteiger partial charge < -0.3 is 8.85 Å². The third kappa shape index (κ3) is 4.25. The molecule has 20 heavy (non-hydrogen) atoms. The summed E-state index contributed by atoms with van der Waals surface area (Å²) in [5.74, 6) is 5.30. The Hall–Kier alpha value is -1.52. The van der Waals surface area contributed by atoms with E-state index in [4.69, 9.17) is 21.7 Å². The molecule has 0 heterocycles. The highest BCUT2D eigenvalue weighted by atomic mass is 28.4. The molecule has 0 bridgehead atoms. The van der Waals surface area contributed by atoms with Gasteiger partial charge in [0.25, 0.3) is 0 Å². The Bertz CT molecular complexity index is 504. The van der Waals surface area contributed by atoms with Crippen LogP contribution in [-0.4, -0.2) is 19.8 Å². The van der Waals surface area contributed by atoms with E-state index in [2.05, 4.69) is 11.8 Å². The number of rotatable bonds is 5. The highest BCUT2D eigenvalue weighted by Crippen LogP contribution is 2.23. The Labute approximate surface area is 123 Å². The highest BCUT2D eigenvalue weighted by molar-refractivity contribution is 6.80. The molecule has 0 atom stereocenters. The summed E-state index contributed by atoms with van der Waals surface area (Å²) in [7, 11) is -2.72. The van der Waals surface area contributed by atoms with Crippen molar-refractivity contribution in [2.45, 2.75) is 45.4 Å². The van der Waals surface area contributed by atoms with Crippen molar-refractivity contribution in [1.82, 2.24) is 0 Å². The molecule has 0 unspecified atom stereocenters. The average Bonchev–Trinajstić information content (AvgIpc) is 2.38. The van der Waals surface area contributed by atoms with Gasteiger partial charge in [0.2, 0.25) is 0 Å². The summed E-state index contributed by atoms with van der Waals surface area (Å²) >= 11 is 0. The van der Waals surface area contributed by atoms with Gasteiger partial charge in [-0.05, 0) is 39.4 Å². The smallest absolute Gasteiger partial charge is 0.371 e. The van der Waals surface area contributed by atoms with E-state index in [0.717, 1.165) is 5.19 Å². The van der Waals surface area contributed by atoms with E-state index in [1.807, 2.05) is 64.6 Å². The van der Waals surface area contributed by atoms with Gasteiger partial charge in [-0.15, -0.1) is 12.8 Å². The Morgan fingerprint density at radius 1 is 0.900 bits per heavy atom. The largest absolute Gasteiger partial charge is 0.375 e. The molecule has 0 spiro atoms. The molecule has 0 radical (unpaired) electrons. The zero-order valence-corrected chi connectivity index (χ0v) is 13.9. The molecule has 1 aromatic rings. The van der Waals surface area contributed by atoms with E-state index in [-0.39, 0.29) is 0 Å². The van der Waals surface area contributed by atoms with Crippen molar-refractivity contribution in [2.24, 2.45) is 0 Å². The van der Waals surface area contributed by atoms with Crippen LogP contribution in [0.25, 0.3) is 0 Å². The molecule has 0 N–H and O–H groups in total. The van der Waals surface area contributed by atoms with Crippen LogP contribution in [0.1, 0.15) is 27.7 Å². The number of hydrogen-bond donors (Lipinski definition) is 0. The maximum absolute atomic E-state index is 6.18. The van der Waals surface area contributed by atoms with Gasteiger partial charge in [-0.1, -0.05) is 42.2 Å². The molecule has 0 amide bonds. The van der Waals surface area contributed by atoms with Crippen molar-refractivity contribution in [1.29, 1.82) is 0 Å². The molecule has 0 fully saturated rings. The topological polar surface area (TPSA) is 18.5 Å². The standard InChI is InChI=1S/C17H22O2Si/c1-8-16(3,4)18-20(7,19-17(5,6)9-2)15-13-11-10-12-14-15/h1-2,10-14H,3-7H3. The minimum atomic E-state index is -2.72. The molecular formula is C17H22O2Si. The summed E-state index contributed by atoms with van der Waals surface area (Å²) < 4.78 is 12.4. The maximum Gasteiger partial charge on any atom is 0.371 e. The van der Waals surface area contributed by atoms with E-state index < -0.39 is 19.8 Å². The van der Waals surface area contributed by atoms with Gasteiger partial charge in [-0.3, -0.25) is 0 Å². The summed E-state index contributed by atoms with van der Waals surface area (Å²) in [4.78, 5) is 0. The number of benzene rings is 1. The average molecular weight is 286 g/mol. The highest BCUT2D eigenvalue weighted by Gasteiger charge is 2.43. The first kappa shape index (κ1) is 16.5. The minimum absolute atomic E-state index is 0.707.